The number of benzene rings is 2. The lowest BCUT2D eigenvalue weighted by Gasteiger charge is -2.30. The van der Waals surface area contributed by atoms with Crippen LogP contribution in [-0.2, 0) is 21.4 Å². The predicted octanol–water partition coefficient (Wildman–Crippen LogP) is 2.56. The van der Waals surface area contributed by atoms with Gasteiger partial charge in [0.25, 0.3) is 0 Å². The Morgan fingerprint density at radius 1 is 1.07 bits per heavy atom. The molecule has 2 rings (SSSR count). The molecule has 0 saturated heterocycles. The number of hydrogen-bond acceptors (Lipinski definition) is 5. The molecule has 0 heterocycles. The Bertz CT molecular complexity index is 897. The Morgan fingerprint density at radius 2 is 1.71 bits per heavy atom. The number of nitrogens with zero attached hydrogens (tertiary/aromatic N) is 1. The molecule has 0 aromatic heterocycles. The Hall–Kier alpha value is -2.74. The van der Waals surface area contributed by atoms with Gasteiger partial charge in [-0.2, -0.15) is 0 Å². The minimum atomic E-state index is -3.69. The second kappa shape index (κ2) is 9.45. The molecule has 2 aromatic rings. The monoisotopic (exact) mass is 406 g/mol. The van der Waals surface area contributed by atoms with E-state index in [1.54, 1.807) is 50.4 Å². The van der Waals surface area contributed by atoms with Crippen molar-refractivity contribution in [2.45, 2.75) is 25.9 Å². The lowest BCUT2D eigenvalue weighted by atomic mass is 10.1. The van der Waals surface area contributed by atoms with Crippen molar-refractivity contribution in [1.29, 1.82) is 0 Å². The summed E-state index contributed by atoms with van der Waals surface area (Å²) in [7, 11) is -0.604. The first-order chi connectivity index (χ1) is 13.3. The molecule has 0 aliphatic heterocycles. The molecular formula is C20H26N2O5S. The molecule has 0 fully saturated rings. The van der Waals surface area contributed by atoms with Crippen LogP contribution < -0.4 is 19.1 Å². The van der Waals surface area contributed by atoms with Crippen LogP contribution in [0.3, 0.4) is 0 Å². The van der Waals surface area contributed by atoms with Gasteiger partial charge in [0, 0.05) is 12.6 Å². The number of amides is 1. The van der Waals surface area contributed by atoms with Crippen LogP contribution in [0.25, 0.3) is 0 Å². The fraction of sp³-hybridized carbons (Fsp3) is 0.350. The summed E-state index contributed by atoms with van der Waals surface area (Å²) in [5.41, 5.74) is 1.27. The van der Waals surface area contributed by atoms with Crippen molar-refractivity contribution in [3.05, 3.63) is 54.1 Å². The van der Waals surface area contributed by atoms with E-state index in [4.69, 9.17) is 9.47 Å². The number of anilines is 1. The zero-order valence-corrected chi connectivity index (χ0v) is 17.3. The third kappa shape index (κ3) is 5.39. The van der Waals surface area contributed by atoms with Crippen LogP contribution in [0.15, 0.2) is 48.5 Å². The normalized spacial score (nSPS) is 12.1. The first-order valence-electron chi connectivity index (χ1n) is 8.84. The summed E-state index contributed by atoms with van der Waals surface area (Å²) in [6.07, 6.45) is 1.41. The van der Waals surface area contributed by atoms with E-state index in [1.165, 1.54) is 7.11 Å². The summed E-state index contributed by atoms with van der Waals surface area (Å²) in [6, 6.07) is 13.1. The molecule has 0 aliphatic rings. The molecular weight excluding hydrogens is 380 g/mol. The standard InChI is InChI=1S/C20H26N2O5S/c1-5-19(20(23)21-14-15-9-11-17(26-2)12-10-15)22(28(4,24)25)16-7-6-8-18(13-16)27-3/h6-13,19H,5,14H2,1-4H3,(H,21,23)/t19-/m0/s1. The van der Waals surface area contributed by atoms with Gasteiger partial charge >= 0.3 is 0 Å². The van der Waals surface area contributed by atoms with Crippen molar-refractivity contribution in [2.24, 2.45) is 0 Å². The largest absolute Gasteiger partial charge is 0.497 e. The Kier molecular flexibility index (Phi) is 7.28. The smallest absolute Gasteiger partial charge is 0.244 e. The number of carbonyl (C=O) groups is 1. The summed E-state index contributed by atoms with van der Waals surface area (Å²) in [6.45, 7) is 2.06. The number of hydrogen-bond donors (Lipinski definition) is 1. The fourth-order valence-corrected chi connectivity index (χ4v) is 4.06. The fourth-order valence-electron chi connectivity index (χ4n) is 2.86. The topological polar surface area (TPSA) is 84.9 Å². The molecule has 0 radical (unpaired) electrons. The van der Waals surface area contributed by atoms with Crippen LogP contribution in [-0.4, -0.2) is 40.8 Å². The minimum absolute atomic E-state index is 0.287. The maximum Gasteiger partial charge on any atom is 0.244 e. The van der Waals surface area contributed by atoms with Crippen molar-refractivity contribution < 1.29 is 22.7 Å². The maximum atomic E-state index is 12.8. The van der Waals surface area contributed by atoms with E-state index in [-0.39, 0.29) is 12.5 Å². The van der Waals surface area contributed by atoms with Gasteiger partial charge in [-0.25, -0.2) is 8.42 Å². The molecule has 8 heteroatoms. The van der Waals surface area contributed by atoms with E-state index in [1.807, 2.05) is 12.1 Å². The third-order valence-electron chi connectivity index (χ3n) is 4.26. The highest BCUT2D eigenvalue weighted by Crippen LogP contribution is 2.26. The van der Waals surface area contributed by atoms with E-state index < -0.39 is 16.1 Å². The van der Waals surface area contributed by atoms with Crippen LogP contribution in [0.1, 0.15) is 18.9 Å². The zero-order valence-electron chi connectivity index (χ0n) is 16.5. The van der Waals surface area contributed by atoms with Crippen LogP contribution in [0.2, 0.25) is 0 Å². The van der Waals surface area contributed by atoms with Crippen molar-refractivity contribution in [1.82, 2.24) is 5.32 Å². The highest BCUT2D eigenvalue weighted by molar-refractivity contribution is 7.92. The van der Waals surface area contributed by atoms with E-state index >= 15 is 0 Å². The number of nitrogens with one attached hydrogen (secondary N) is 1. The Balaban J connectivity index is 2.23. The number of sulfonamides is 1. The Labute approximate surface area is 166 Å². The van der Waals surface area contributed by atoms with Crippen molar-refractivity contribution in [3.63, 3.8) is 0 Å². The van der Waals surface area contributed by atoms with Crippen molar-refractivity contribution in [2.75, 3.05) is 24.8 Å². The van der Waals surface area contributed by atoms with Gasteiger partial charge in [-0.15, -0.1) is 0 Å². The first-order valence-corrected chi connectivity index (χ1v) is 10.7. The summed E-state index contributed by atoms with van der Waals surface area (Å²) in [4.78, 5) is 12.8. The second-order valence-electron chi connectivity index (χ2n) is 6.25. The lowest BCUT2D eigenvalue weighted by molar-refractivity contribution is -0.122. The van der Waals surface area contributed by atoms with Gasteiger partial charge in [0.05, 0.1) is 26.2 Å². The van der Waals surface area contributed by atoms with Crippen LogP contribution in [0, 0.1) is 0 Å². The molecule has 1 amide bonds. The zero-order chi connectivity index (χ0) is 20.7. The summed E-state index contributed by atoms with van der Waals surface area (Å²) >= 11 is 0. The van der Waals surface area contributed by atoms with Crippen LogP contribution in [0.5, 0.6) is 11.5 Å². The van der Waals surface area contributed by atoms with Gasteiger partial charge in [0.2, 0.25) is 15.9 Å². The van der Waals surface area contributed by atoms with E-state index in [0.717, 1.165) is 21.9 Å². The molecule has 0 saturated carbocycles. The van der Waals surface area contributed by atoms with Gasteiger partial charge < -0.3 is 14.8 Å². The minimum Gasteiger partial charge on any atom is -0.497 e. The van der Waals surface area contributed by atoms with E-state index in [9.17, 15) is 13.2 Å². The molecule has 0 spiro atoms. The van der Waals surface area contributed by atoms with Crippen molar-refractivity contribution >= 4 is 21.6 Å². The van der Waals surface area contributed by atoms with Gasteiger partial charge in [-0.3, -0.25) is 9.10 Å². The van der Waals surface area contributed by atoms with Gasteiger partial charge in [0.1, 0.15) is 17.5 Å². The average Bonchev–Trinajstić information content (AvgIpc) is 2.69. The molecule has 1 atom stereocenters. The third-order valence-corrected chi connectivity index (χ3v) is 5.44. The number of ether oxygens (including phenoxy) is 2. The lowest BCUT2D eigenvalue weighted by Crippen LogP contribution is -2.49. The predicted molar refractivity (Wildman–Crippen MR) is 109 cm³/mol. The molecule has 0 aliphatic carbocycles. The highest BCUT2D eigenvalue weighted by Gasteiger charge is 2.31. The summed E-state index contributed by atoms with van der Waals surface area (Å²) in [5, 5.41) is 2.82. The molecule has 0 unspecified atom stereocenters. The van der Waals surface area contributed by atoms with Gasteiger partial charge in [-0.1, -0.05) is 25.1 Å². The first kappa shape index (κ1) is 21.6. The summed E-state index contributed by atoms with van der Waals surface area (Å²) < 4.78 is 36.4. The number of carbonyl (C=O) groups excluding carboxylic acids is 1. The van der Waals surface area contributed by atoms with Gasteiger partial charge in [0.15, 0.2) is 0 Å². The highest BCUT2D eigenvalue weighted by atomic mass is 32.2. The van der Waals surface area contributed by atoms with Crippen LogP contribution in [0.4, 0.5) is 5.69 Å². The average molecular weight is 407 g/mol. The van der Waals surface area contributed by atoms with Crippen molar-refractivity contribution in [3.8, 4) is 11.5 Å². The Morgan fingerprint density at radius 3 is 2.25 bits per heavy atom. The van der Waals surface area contributed by atoms with Crippen LogP contribution >= 0.6 is 0 Å². The quantitative estimate of drug-likeness (QED) is 0.692. The molecule has 0 bridgehead atoms. The number of methoxy groups -OCH3 is 2. The molecule has 1 N–H and O–H groups in total. The summed E-state index contributed by atoms with van der Waals surface area (Å²) in [5.74, 6) is 0.869. The van der Waals surface area contributed by atoms with E-state index in [2.05, 4.69) is 5.32 Å². The van der Waals surface area contributed by atoms with Gasteiger partial charge in [-0.05, 0) is 36.2 Å². The SMILES string of the molecule is CC[C@@H](C(=O)NCc1ccc(OC)cc1)N(c1cccc(OC)c1)S(C)(=O)=O. The molecule has 152 valence electrons. The number of rotatable bonds is 9. The van der Waals surface area contributed by atoms with E-state index in [0.29, 0.717) is 17.9 Å². The molecule has 2 aromatic carbocycles. The molecule has 7 nitrogen and oxygen atoms in total. The molecule has 28 heavy (non-hydrogen) atoms. The maximum absolute atomic E-state index is 12.8. The second-order valence-corrected chi connectivity index (χ2v) is 8.11.